The third-order valence-electron chi connectivity index (χ3n) is 4.49. The van der Waals surface area contributed by atoms with Crippen LogP contribution in [0.25, 0.3) is 0 Å². The molecule has 3 rings (SSSR count). The zero-order valence-electron chi connectivity index (χ0n) is 16.9. The van der Waals surface area contributed by atoms with Gasteiger partial charge in [-0.3, -0.25) is 9.52 Å². The van der Waals surface area contributed by atoms with Crippen LogP contribution in [0.5, 0.6) is 5.75 Å². The molecule has 1 aromatic heterocycles. The molecular weight excluding hydrogens is 489 g/mol. The quantitative estimate of drug-likeness (QED) is 0.472. The van der Waals surface area contributed by atoms with Crippen molar-refractivity contribution in [2.24, 2.45) is 0 Å². The minimum atomic E-state index is -4.06. The third kappa shape index (κ3) is 5.02. The van der Waals surface area contributed by atoms with Crippen LogP contribution in [0.1, 0.15) is 21.5 Å². The average Bonchev–Trinajstić information content (AvgIpc) is 2.70. The Bertz CT molecular complexity index is 1250. The minimum Gasteiger partial charge on any atom is -0.495 e. The third-order valence-corrected chi connectivity index (χ3v) is 6.30. The first kappa shape index (κ1) is 22.7. The van der Waals surface area contributed by atoms with E-state index in [0.29, 0.717) is 5.69 Å². The van der Waals surface area contributed by atoms with Gasteiger partial charge in [-0.2, -0.15) is 4.39 Å². The number of carbonyl (C=O) groups is 1. The normalized spacial score (nSPS) is 11.1. The molecule has 10 heteroatoms. The Hall–Kier alpha value is -2.98. The first-order chi connectivity index (χ1) is 14.6. The Labute approximate surface area is 187 Å². The molecule has 162 valence electrons. The highest BCUT2D eigenvalue weighted by molar-refractivity contribution is 9.10. The number of pyridine rings is 1. The van der Waals surface area contributed by atoms with Crippen LogP contribution in [-0.4, -0.2) is 26.4 Å². The number of benzene rings is 2. The fourth-order valence-corrected chi connectivity index (χ4v) is 4.60. The van der Waals surface area contributed by atoms with E-state index < -0.39 is 21.9 Å². The largest absolute Gasteiger partial charge is 0.495 e. The molecule has 0 aliphatic rings. The number of anilines is 2. The lowest BCUT2D eigenvalue weighted by Gasteiger charge is -2.16. The monoisotopic (exact) mass is 507 g/mol. The van der Waals surface area contributed by atoms with Gasteiger partial charge < -0.3 is 10.1 Å². The molecule has 3 aromatic rings. The molecule has 0 saturated carbocycles. The average molecular weight is 508 g/mol. The van der Waals surface area contributed by atoms with E-state index in [2.05, 4.69) is 31.0 Å². The van der Waals surface area contributed by atoms with Crippen LogP contribution in [0.2, 0.25) is 0 Å². The van der Waals surface area contributed by atoms with Gasteiger partial charge in [-0.15, -0.1) is 0 Å². The summed E-state index contributed by atoms with van der Waals surface area (Å²) in [6.07, 6.45) is 0. The van der Waals surface area contributed by atoms with Crippen molar-refractivity contribution in [1.29, 1.82) is 0 Å². The second-order valence-electron chi connectivity index (χ2n) is 6.66. The lowest BCUT2D eigenvalue weighted by Crippen LogP contribution is -2.18. The fourth-order valence-electron chi connectivity index (χ4n) is 2.91. The molecule has 31 heavy (non-hydrogen) atoms. The number of aryl methyl sites for hydroxylation is 2. The molecule has 0 aliphatic heterocycles. The van der Waals surface area contributed by atoms with Crippen molar-refractivity contribution in [3.63, 3.8) is 0 Å². The van der Waals surface area contributed by atoms with E-state index in [9.17, 15) is 17.6 Å². The van der Waals surface area contributed by atoms with Crippen LogP contribution in [0.3, 0.4) is 0 Å². The molecule has 0 saturated heterocycles. The number of nitrogens with zero attached hydrogens (tertiary/aromatic N) is 1. The molecule has 0 spiro atoms. The van der Waals surface area contributed by atoms with Crippen molar-refractivity contribution >= 4 is 43.2 Å². The topological polar surface area (TPSA) is 97.4 Å². The van der Waals surface area contributed by atoms with E-state index in [1.807, 2.05) is 6.07 Å². The van der Waals surface area contributed by atoms with Gasteiger partial charge in [0.1, 0.15) is 15.2 Å². The highest BCUT2D eigenvalue weighted by Crippen LogP contribution is 2.31. The van der Waals surface area contributed by atoms with Crippen LogP contribution in [0, 0.1) is 19.8 Å². The SMILES string of the molecule is COc1ccc(NC(=O)c2ccc(Br)nc2F)cc1S(=O)(=O)Nc1c(C)cccc1C. The summed E-state index contributed by atoms with van der Waals surface area (Å²) in [6.45, 7) is 3.58. The Balaban J connectivity index is 1.96. The van der Waals surface area contributed by atoms with Gasteiger partial charge in [0.05, 0.1) is 18.4 Å². The summed E-state index contributed by atoms with van der Waals surface area (Å²) in [5.74, 6) is -1.63. The van der Waals surface area contributed by atoms with Crippen molar-refractivity contribution in [3.05, 3.63) is 75.8 Å². The van der Waals surface area contributed by atoms with Crippen molar-refractivity contribution in [2.45, 2.75) is 18.7 Å². The highest BCUT2D eigenvalue weighted by Gasteiger charge is 2.23. The zero-order chi connectivity index (χ0) is 22.8. The number of hydrogen-bond acceptors (Lipinski definition) is 5. The number of methoxy groups -OCH3 is 1. The summed E-state index contributed by atoms with van der Waals surface area (Å²) < 4.78 is 48.2. The van der Waals surface area contributed by atoms with Crippen molar-refractivity contribution < 1.29 is 22.3 Å². The highest BCUT2D eigenvalue weighted by atomic mass is 79.9. The van der Waals surface area contributed by atoms with E-state index in [1.54, 1.807) is 26.0 Å². The summed E-state index contributed by atoms with van der Waals surface area (Å²) in [5, 5.41) is 2.49. The minimum absolute atomic E-state index is 0.0909. The molecule has 0 unspecified atom stereocenters. The Morgan fingerprint density at radius 2 is 1.77 bits per heavy atom. The van der Waals surface area contributed by atoms with Gasteiger partial charge in [-0.05, 0) is 71.2 Å². The molecule has 1 heterocycles. The van der Waals surface area contributed by atoms with Crippen LogP contribution in [-0.2, 0) is 10.0 Å². The van der Waals surface area contributed by atoms with Gasteiger partial charge in [0.15, 0.2) is 0 Å². The van der Waals surface area contributed by atoms with Crippen molar-refractivity contribution in [2.75, 3.05) is 17.1 Å². The number of rotatable bonds is 6. The Morgan fingerprint density at radius 1 is 1.10 bits per heavy atom. The maximum Gasteiger partial charge on any atom is 0.265 e. The van der Waals surface area contributed by atoms with Gasteiger partial charge in [-0.25, -0.2) is 13.4 Å². The lowest BCUT2D eigenvalue weighted by molar-refractivity contribution is 0.102. The second-order valence-corrected chi connectivity index (χ2v) is 9.13. The summed E-state index contributed by atoms with van der Waals surface area (Å²) in [7, 11) is -2.71. The maximum absolute atomic E-state index is 14.0. The standard InChI is InChI=1S/C21H19BrFN3O4S/c1-12-5-4-6-13(2)19(12)26-31(28,29)17-11-14(7-9-16(17)30-3)24-21(27)15-8-10-18(22)25-20(15)23/h4-11,26H,1-3H3,(H,24,27). The van der Waals surface area contributed by atoms with E-state index in [1.165, 1.54) is 37.4 Å². The number of halogens is 2. The van der Waals surface area contributed by atoms with E-state index in [4.69, 9.17) is 4.74 Å². The molecular formula is C21H19BrFN3O4S. The molecule has 0 fully saturated rings. The predicted octanol–water partition coefficient (Wildman–Crippen LogP) is 4.66. The van der Waals surface area contributed by atoms with Gasteiger partial charge >= 0.3 is 0 Å². The fraction of sp³-hybridized carbons (Fsp3) is 0.143. The number of ether oxygens (including phenoxy) is 1. The smallest absolute Gasteiger partial charge is 0.265 e. The van der Waals surface area contributed by atoms with Gasteiger partial charge in [0.25, 0.3) is 15.9 Å². The number of para-hydroxylation sites is 1. The maximum atomic E-state index is 14.0. The van der Waals surface area contributed by atoms with Crippen molar-refractivity contribution in [3.8, 4) is 5.75 Å². The van der Waals surface area contributed by atoms with Gasteiger partial charge in [0, 0.05) is 5.69 Å². The number of carbonyl (C=O) groups excluding carboxylic acids is 1. The van der Waals surface area contributed by atoms with Crippen molar-refractivity contribution in [1.82, 2.24) is 4.98 Å². The zero-order valence-corrected chi connectivity index (χ0v) is 19.3. The molecule has 2 N–H and O–H groups in total. The molecule has 0 atom stereocenters. The number of sulfonamides is 1. The first-order valence-electron chi connectivity index (χ1n) is 9.03. The van der Waals surface area contributed by atoms with Gasteiger partial charge in [0.2, 0.25) is 5.95 Å². The lowest BCUT2D eigenvalue weighted by atomic mass is 10.1. The molecule has 0 bridgehead atoms. The molecule has 7 nitrogen and oxygen atoms in total. The number of hydrogen-bond donors (Lipinski definition) is 2. The number of amides is 1. The summed E-state index contributed by atoms with van der Waals surface area (Å²) in [6, 6.07) is 12.2. The van der Waals surface area contributed by atoms with Crippen LogP contribution >= 0.6 is 15.9 Å². The predicted molar refractivity (Wildman–Crippen MR) is 120 cm³/mol. The van der Waals surface area contributed by atoms with Crippen LogP contribution < -0.4 is 14.8 Å². The first-order valence-corrected chi connectivity index (χ1v) is 11.3. The summed E-state index contributed by atoms with van der Waals surface area (Å²) >= 11 is 3.03. The van der Waals surface area contributed by atoms with Crippen LogP contribution in [0.15, 0.2) is 58.0 Å². The number of nitrogens with one attached hydrogen (secondary N) is 2. The second kappa shape index (κ2) is 9.03. The molecule has 1 amide bonds. The summed E-state index contributed by atoms with van der Waals surface area (Å²) in [4.78, 5) is 15.8. The van der Waals surface area contributed by atoms with E-state index in [-0.39, 0.29) is 26.5 Å². The van der Waals surface area contributed by atoms with Gasteiger partial charge in [-0.1, -0.05) is 18.2 Å². The van der Waals surface area contributed by atoms with E-state index >= 15 is 0 Å². The summed E-state index contributed by atoms with van der Waals surface area (Å²) in [5.41, 5.74) is 1.84. The molecule has 0 radical (unpaired) electrons. The van der Waals surface area contributed by atoms with Crippen LogP contribution in [0.4, 0.5) is 15.8 Å². The Kier molecular flexibility index (Phi) is 6.61. The number of aromatic nitrogens is 1. The molecule has 2 aromatic carbocycles. The van der Waals surface area contributed by atoms with E-state index in [0.717, 1.165) is 11.1 Å². The molecule has 0 aliphatic carbocycles. The Morgan fingerprint density at radius 3 is 2.39 bits per heavy atom.